The van der Waals surface area contributed by atoms with E-state index in [1.165, 1.54) is 30.5 Å². The lowest BCUT2D eigenvalue weighted by Crippen LogP contribution is -2.49. The molecule has 0 aliphatic heterocycles. The molecule has 0 bridgehead atoms. The van der Waals surface area contributed by atoms with Gasteiger partial charge in [-0.1, -0.05) is 6.58 Å². The van der Waals surface area contributed by atoms with Crippen molar-refractivity contribution in [1.82, 2.24) is 10.6 Å². The Morgan fingerprint density at radius 1 is 1.48 bits per heavy atom. The van der Waals surface area contributed by atoms with Crippen LogP contribution in [0.15, 0.2) is 42.8 Å². The van der Waals surface area contributed by atoms with Crippen molar-refractivity contribution in [2.75, 3.05) is 6.61 Å². The van der Waals surface area contributed by atoms with Crippen LogP contribution < -0.4 is 20.8 Å². The molecule has 1 atom stereocenters. The minimum atomic E-state index is -0.500. The van der Waals surface area contributed by atoms with Gasteiger partial charge in [-0.25, -0.2) is 10.1 Å². The molecule has 1 amide bonds. The van der Waals surface area contributed by atoms with E-state index >= 15 is 0 Å². The molecule has 0 radical (unpaired) electrons. The summed E-state index contributed by atoms with van der Waals surface area (Å²) in [4.78, 5) is 12.1. The Bertz CT molecular complexity index is 626. The molecule has 0 heterocycles. The van der Waals surface area contributed by atoms with E-state index in [0.29, 0.717) is 0 Å². The molecule has 1 aromatic carbocycles. The Morgan fingerprint density at radius 3 is 2.78 bits per heavy atom. The zero-order valence-corrected chi connectivity index (χ0v) is 13.2. The van der Waals surface area contributed by atoms with Gasteiger partial charge in [-0.3, -0.25) is 5.41 Å². The maximum absolute atomic E-state index is 12.1. The van der Waals surface area contributed by atoms with Gasteiger partial charge in [0.25, 0.3) is 5.84 Å². The number of carbonyl (C=O) groups is 1. The van der Waals surface area contributed by atoms with Crippen LogP contribution in [-0.2, 0) is 0 Å². The van der Waals surface area contributed by atoms with Crippen molar-refractivity contribution in [3.8, 4) is 11.5 Å². The van der Waals surface area contributed by atoms with Gasteiger partial charge in [0.2, 0.25) is 0 Å². The second-order valence-corrected chi connectivity index (χ2v) is 4.99. The van der Waals surface area contributed by atoms with Crippen LogP contribution in [0.25, 0.3) is 0 Å². The Balaban J connectivity index is 2.77. The number of rotatable bonds is 7. The standard InChI is InChI=1S/C16H21N3O4/c1-10(2)18-5-4-15(17)19-16(22)12-6-13(21)8-14(7-12)23-11(3)9-20/h4-8,11,18,20-21H,1,9H2,2-3H3,(H2,17,19,22)/p+1/b5-4-/t11-/m0/s1. The molecule has 0 fully saturated rings. The quantitative estimate of drug-likeness (QED) is 0.349. The monoisotopic (exact) mass is 320 g/mol. The van der Waals surface area contributed by atoms with E-state index in [2.05, 4.69) is 17.2 Å². The van der Waals surface area contributed by atoms with Gasteiger partial charge in [0, 0.05) is 24.0 Å². The van der Waals surface area contributed by atoms with Crippen LogP contribution in [0.1, 0.15) is 24.2 Å². The van der Waals surface area contributed by atoms with E-state index in [-0.39, 0.29) is 29.5 Å². The molecule has 1 aromatic rings. The number of benzene rings is 1. The number of phenolic OH excluding ortho intramolecular Hbond substituents is 1. The number of amides is 1. The first-order chi connectivity index (χ1) is 10.8. The zero-order valence-electron chi connectivity index (χ0n) is 13.2. The minimum Gasteiger partial charge on any atom is -0.508 e. The molecule has 0 saturated carbocycles. The molecular formula is C16H22N3O4+. The van der Waals surface area contributed by atoms with Gasteiger partial charge in [-0.15, -0.1) is 0 Å². The van der Waals surface area contributed by atoms with Crippen molar-refractivity contribution in [3.63, 3.8) is 0 Å². The maximum atomic E-state index is 12.1. The number of hydrogen-bond donors (Lipinski definition) is 5. The highest BCUT2D eigenvalue weighted by molar-refractivity contribution is 6.08. The van der Waals surface area contributed by atoms with Gasteiger partial charge in [0.15, 0.2) is 0 Å². The van der Waals surface area contributed by atoms with Gasteiger partial charge >= 0.3 is 5.91 Å². The fourth-order valence-corrected chi connectivity index (χ4v) is 1.57. The van der Waals surface area contributed by atoms with Crippen molar-refractivity contribution in [2.45, 2.75) is 20.0 Å². The van der Waals surface area contributed by atoms with Gasteiger partial charge in [-0.05, 0) is 26.0 Å². The molecule has 23 heavy (non-hydrogen) atoms. The molecule has 0 aromatic heterocycles. The number of ether oxygens (including phenoxy) is 1. The normalized spacial score (nSPS) is 11.8. The summed E-state index contributed by atoms with van der Waals surface area (Å²) in [6, 6.07) is 4.09. The van der Waals surface area contributed by atoms with E-state index in [1.54, 1.807) is 13.8 Å². The largest absolute Gasteiger partial charge is 0.508 e. The molecule has 124 valence electrons. The second-order valence-electron chi connectivity index (χ2n) is 4.99. The number of hydrogen-bond acceptors (Lipinski definition) is 5. The second kappa shape index (κ2) is 8.60. The number of aliphatic hydroxyl groups excluding tert-OH is 1. The molecule has 1 rings (SSSR count). The fourth-order valence-electron chi connectivity index (χ4n) is 1.57. The SMILES string of the molecule is C=C(C)N/C=C\C(=[NH2+])NC(=O)c1cc(O)cc(O[C@@H](C)CO)c1. The summed E-state index contributed by atoms with van der Waals surface area (Å²) < 4.78 is 5.37. The summed E-state index contributed by atoms with van der Waals surface area (Å²) in [6.07, 6.45) is 2.55. The van der Waals surface area contributed by atoms with Crippen LogP contribution in [0.4, 0.5) is 0 Å². The lowest BCUT2D eigenvalue weighted by atomic mass is 10.2. The van der Waals surface area contributed by atoms with Crippen molar-refractivity contribution in [2.24, 2.45) is 0 Å². The number of aliphatic hydroxyl groups is 1. The van der Waals surface area contributed by atoms with Gasteiger partial charge in [0.05, 0.1) is 12.2 Å². The predicted molar refractivity (Wildman–Crippen MR) is 86.8 cm³/mol. The summed E-state index contributed by atoms with van der Waals surface area (Å²) in [5.41, 5.74) is 0.905. The third kappa shape index (κ3) is 6.66. The molecule has 0 unspecified atom stereocenters. The smallest absolute Gasteiger partial charge is 0.339 e. The lowest BCUT2D eigenvalue weighted by Gasteiger charge is -2.12. The maximum Gasteiger partial charge on any atom is 0.339 e. The number of allylic oxidation sites excluding steroid dienone is 1. The first-order valence-corrected chi connectivity index (χ1v) is 6.95. The Hall–Kier alpha value is -2.80. The molecule has 7 nitrogen and oxygen atoms in total. The molecule has 0 aliphatic rings. The predicted octanol–water partition coefficient (Wildman–Crippen LogP) is -0.324. The number of amidine groups is 1. The first-order valence-electron chi connectivity index (χ1n) is 6.95. The van der Waals surface area contributed by atoms with Gasteiger partial charge in [0.1, 0.15) is 17.6 Å². The van der Waals surface area contributed by atoms with E-state index < -0.39 is 12.0 Å². The van der Waals surface area contributed by atoms with Crippen molar-refractivity contribution >= 4 is 11.7 Å². The third-order valence-electron chi connectivity index (χ3n) is 2.60. The van der Waals surface area contributed by atoms with E-state index in [9.17, 15) is 9.90 Å². The van der Waals surface area contributed by atoms with Crippen molar-refractivity contribution in [1.29, 1.82) is 0 Å². The molecule has 0 spiro atoms. The highest BCUT2D eigenvalue weighted by Crippen LogP contribution is 2.22. The molecule has 6 N–H and O–H groups in total. The molecule has 0 saturated heterocycles. The minimum absolute atomic E-state index is 0.123. The average molecular weight is 320 g/mol. The van der Waals surface area contributed by atoms with E-state index in [0.717, 1.165) is 5.70 Å². The third-order valence-corrected chi connectivity index (χ3v) is 2.60. The average Bonchev–Trinajstić information content (AvgIpc) is 2.45. The molecular weight excluding hydrogens is 298 g/mol. The summed E-state index contributed by atoms with van der Waals surface area (Å²) in [6.45, 7) is 6.91. The summed E-state index contributed by atoms with van der Waals surface area (Å²) in [5, 5.41) is 29.6. The highest BCUT2D eigenvalue weighted by Gasteiger charge is 2.15. The molecule has 0 aliphatic carbocycles. The zero-order chi connectivity index (χ0) is 17.4. The highest BCUT2D eigenvalue weighted by atomic mass is 16.5. The number of nitrogens with one attached hydrogen (secondary N) is 2. The Morgan fingerprint density at radius 2 is 2.17 bits per heavy atom. The summed E-state index contributed by atoms with van der Waals surface area (Å²) >= 11 is 0. The summed E-state index contributed by atoms with van der Waals surface area (Å²) in [7, 11) is 0. The Labute approximate surface area is 134 Å². The van der Waals surface area contributed by atoms with Crippen LogP contribution in [0.5, 0.6) is 11.5 Å². The van der Waals surface area contributed by atoms with E-state index in [4.69, 9.17) is 15.3 Å². The van der Waals surface area contributed by atoms with Crippen LogP contribution in [0.2, 0.25) is 0 Å². The number of carbonyl (C=O) groups excluding carboxylic acids is 1. The molecule has 7 heteroatoms. The lowest BCUT2D eigenvalue weighted by molar-refractivity contribution is -0.115. The number of nitrogens with two attached hydrogens (primary N) is 1. The van der Waals surface area contributed by atoms with Crippen LogP contribution in [0, 0.1) is 0 Å². The van der Waals surface area contributed by atoms with Crippen LogP contribution in [-0.4, -0.2) is 34.7 Å². The van der Waals surface area contributed by atoms with E-state index in [1.807, 2.05) is 0 Å². The topological polar surface area (TPSA) is 116 Å². The number of aromatic hydroxyl groups is 1. The number of phenols is 1. The van der Waals surface area contributed by atoms with Crippen molar-refractivity contribution in [3.05, 3.63) is 48.3 Å². The van der Waals surface area contributed by atoms with Gasteiger partial charge < -0.3 is 20.3 Å². The van der Waals surface area contributed by atoms with Crippen LogP contribution in [0.3, 0.4) is 0 Å². The fraction of sp³-hybridized carbons (Fsp3) is 0.250. The summed E-state index contributed by atoms with van der Waals surface area (Å²) in [5.74, 6) is -0.233. The van der Waals surface area contributed by atoms with Crippen molar-refractivity contribution < 1.29 is 25.2 Å². The first kappa shape index (κ1) is 18.2. The Kier molecular flexibility index (Phi) is 6.82. The van der Waals surface area contributed by atoms with Gasteiger partial charge in [-0.2, -0.15) is 0 Å². The van der Waals surface area contributed by atoms with Crippen LogP contribution >= 0.6 is 0 Å².